The Labute approximate surface area is 130 Å². The highest BCUT2D eigenvalue weighted by molar-refractivity contribution is 6.34. The minimum atomic E-state index is -0.356. The summed E-state index contributed by atoms with van der Waals surface area (Å²) < 4.78 is 0. The fraction of sp³-hybridized carbons (Fsp3) is 0.333. The van der Waals surface area contributed by atoms with E-state index in [1.54, 1.807) is 17.0 Å². The molecular weight excluding hydrogens is 288 g/mol. The molecule has 0 atom stereocenters. The van der Waals surface area contributed by atoms with Crippen LogP contribution in [0.3, 0.4) is 0 Å². The van der Waals surface area contributed by atoms with Crippen LogP contribution in [0.5, 0.6) is 0 Å². The third-order valence-electron chi connectivity index (χ3n) is 2.91. The molecule has 0 aliphatic rings. The first-order chi connectivity index (χ1) is 10.0. The fourth-order valence-corrected chi connectivity index (χ4v) is 2.23. The fourth-order valence-electron chi connectivity index (χ4n) is 1.93. The van der Waals surface area contributed by atoms with Gasteiger partial charge in [0.05, 0.1) is 17.3 Å². The van der Waals surface area contributed by atoms with Crippen LogP contribution in [0.4, 0.5) is 10.5 Å². The molecule has 0 bridgehead atoms. The zero-order valence-corrected chi connectivity index (χ0v) is 13.2. The van der Waals surface area contributed by atoms with Crippen molar-refractivity contribution in [3.8, 4) is 0 Å². The number of benzene rings is 1. The molecular formula is C15H21ClN4O. The van der Waals surface area contributed by atoms with Gasteiger partial charge >= 0.3 is 6.03 Å². The van der Waals surface area contributed by atoms with Crippen LogP contribution in [0, 0.1) is 0 Å². The number of anilines is 1. The Kier molecular flexibility index (Phi) is 6.75. The van der Waals surface area contributed by atoms with E-state index in [9.17, 15) is 4.79 Å². The van der Waals surface area contributed by atoms with E-state index in [4.69, 9.17) is 17.3 Å². The van der Waals surface area contributed by atoms with E-state index in [2.05, 4.69) is 16.9 Å². The highest BCUT2D eigenvalue weighted by atomic mass is 35.5. The van der Waals surface area contributed by atoms with Gasteiger partial charge in [0.2, 0.25) is 0 Å². The lowest BCUT2D eigenvalue weighted by Gasteiger charge is -2.24. The number of nitrogens with two attached hydrogens (primary N) is 1. The highest BCUT2D eigenvalue weighted by Crippen LogP contribution is 2.30. The molecule has 0 aliphatic carbocycles. The molecule has 0 saturated carbocycles. The Hall–Kier alpha value is -2.01. The van der Waals surface area contributed by atoms with Crippen molar-refractivity contribution in [1.29, 1.82) is 0 Å². The molecule has 1 rings (SSSR count). The normalized spacial score (nSPS) is 11.1. The zero-order chi connectivity index (χ0) is 15.8. The molecule has 0 saturated heterocycles. The average Bonchev–Trinajstić information content (AvgIpc) is 2.47. The molecule has 0 spiro atoms. The van der Waals surface area contributed by atoms with E-state index in [0.717, 1.165) is 12.0 Å². The van der Waals surface area contributed by atoms with Crippen LogP contribution in [-0.4, -0.2) is 25.1 Å². The molecule has 2 amide bonds. The second-order valence-corrected chi connectivity index (χ2v) is 4.70. The molecule has 0 aliphatic heterocycles. The molecule has 1 aromatic carbocycles. The number of carbonyl (C=O) groups excluding carboxylic acids is 1. The number of guanidine groups is 1. The lowest BCUT2D eigenvalue weighted by atomic mass is 10.1. The van der Waals surface area contributed by atoms with Crippen molar-refractivity contribution in [1.82, 2.24) is 5.32 Å². The van der Waals surface area contributed by atoms with E-state index in [1.165, 1.54) is 0 Å². The van der Waals surface area contributed by atoms with Gasteiger partial charge in [0.15, 0.2) is 5.96 Å². The summed E-state index contributed by atoms with van der Waals surface area (Å²) >= 11 is 6.25. The molecule has 0 heterocycles. The van der Waals surface area contributed by atoms with Gasteiger partial charge in [0.25, 0.3) is 0 Å². The van der Waals surface area contributed by atoms with Crippen LogP contribution >= 0.6 is 11.6 Å². The van der Waals surface area contributed by atoms with E-state index in [1.807, 2.05) is 26.0 Å². The summed E-state index contributed by atoms with van der Waals surface area (Å²) in [5, 5.41) is 3.09. The van der Waals surface area contributed by atoms with Crippen molar-refractivity contribution in [2.75, 3.05) is 18.0 Å². The lowest BCUT2D eigenvalue weighted by Crippen LogP contribution is -2.46. The van der Waals surface area contributed by atoms with E-state index >= 15 is 0 Å². The highest BCUT2D eigenvalue weighted by Gasteiger charge is 2.19. The molecule has 21 heavy (non-hydrogen) atoms. The number of urea groups is 1. The molecule has 0 aromatic heterocycles. The van der Waals surface area contributed by atoms with Gasteiger partial charge in [-0.25, -0.2) is 9.79 Å². The summed E-state index contributed by atoms with van der Waals surface area (Å²) in [7, 11) is 0. The van der Waals surface area contributed by atoms with E-state index in [-0.39, 0.29) is 12.0 Å². The summed E-state index contributed by atoms with van der Waals surface area (Å²) in [6, 6.07) is 5.23. The first-order valence-electron chi connectivity index (χ1n) is 6.81. The van der Waals surface area contributed by atoms with E-state index < -0.39 is 0 Å². The zero-order valence-electron chi connectivity index (χ0n) is 12.4. The first kappa shape index (κ1) is 17.0. The maximum atomic E-state index is 12.3. The van der Waals surface area contributed by atoms with Gasteiger partial charge in [-0.2, -0.15) is 0 Å². The largest absolute Gasteiger partial charge is 0.370 e. The van der Waals surface area contributed by atoms with Crippen LogP contribution in [0.1, 0.15) is 19.4 Å². The number of nitrogens with zero attached hydrogens (tertiary/aromatic N) is 2. The molecule has 0 radical (unpaired) electrons. The smallest absolute Gasteiger partial charge is 0.328 e. The maximum absolute atomic E-state index is 12.3. The summed E-state index contributed by atoms with van der Waals surface area (Å²) in [5.41, 5.74) is 7.36. The van der Waals surface area contributed by atoms with E-state index in [0.29, 0.717) is 23.8 Å². The number of hydrogen-bond donors (Lipinski definition) is 2. The van der Waals surface area contributed by atoms with Gasteiger partial charge < -0.3 is 5.73 Å². The van der Waals surface area contributed by atoms with Gasteiger partial charge in [-0.1, -0.05) is 36.7 Å². The summed E-state index contributed by atoms with van der Waals surface area (Å²) in [4.78, 5) is 17.8. The van der Waals surface area contributed by atoms with Gasteiger partial charge in [0, 0.05) is 6.54 Å². The molecule has 6 heteroatoms. The Morgan fingerprint density at radius 1 is 1.52 bits per heavy atom. The van der Waals surface area contributed by atoms with Gasteiger partial charge in [-0.3, -0.25) is 10.2 Å². The lowest BCUT2D eigenvalue weighted by molar-refractivity contribution is 0.250. The van der Waals surface area contributed by atoms with Crippen molar-refractivity contribution in [2.24, 2.45) is 10.7 Å². The van der Waals surface area contributed by atoms with Crippen molar-refractivity contribution < 1.29 is 4.79 Å². The number of nitrogens with one attached hydrogen (secondary N) is 1. The molecule has 0 fully saturated rings. The number of para-hydroxylation sites is 1. The minimum absolute atomic E-state index is 0.0588. The van der Waals surface area contributed by atoms with Crippen LogP contribution in [0.2, 0.25) is 5.02 Å². The van der Waals surface area contributed by atoms with Crippen LogP contribution in [0.25, 0.3) is 0 Å². The van der Waals surface area contributed by atoms with Crippen molar-refractivity contribution in [2.45, 2.75) is 20.3 Å². The number of carbonyl (C=O) groups is 1. The maximum Gasteiger partial charge on any atom is 0.328 e. The molecule has 1 aromatic rings. The Bertz CT molecular complexity index is 542. The second-order valence-electron chi connectivity index (χ2n) is 4.29. The number of hydrogen-bond acceptors (Lipinski definition) is 2. The van der Waals surface area contributed by atoms with Crippen LogP contribution in [0.15, 0.2) is 35.8 Å². The van der Waals surface area contributed by atoms with Gasteiger partial charge in [0.1, 0.15) is 0 Å². The predicted molar refractivity (Wildman–Crippen MR) is 89.1 cm³/mol. The molecule has 0 unspecified atom stereocenters. The number of rotatable bonds is 5. The molecule has 114 valence electrons. The Morgan fingerprint density at radius 2 is 2.24 bits per heavy atom. The quantitative estimate of drug-likeness (QED) is 0.499. The average molecular weight is 309 g/mol. The van der Waals surface area contributed by atoms with Crippen LogP contribution < -0.4 is 16.0 Å². The second kappa shape index (κ2) is 8.32. The van der Waals surface area contributed by atoms with Crippen LogP contribution in [-0.2, 0) is 6.42 Å². The number of aliphatic imine (C=N–C) groups is 1. The third kappa shape index (κ3) is 4.49. The molecule has 3 N–H and O–H groups in total. The number of amides is 2. The first-order valence-corrected chi connectivity index (χ1v) is 7.19. The van der Waals surface area contributed by atoms with Crippen molar-refractivity contribution in [3.05, 3.63) is 41.4 Å². The van der Waals surface area contributed by atoms with Gasteiger partial charge in [-0.15, -0.1) is 6.58 Å². The van der Waals surface area contributed by atoms with Crippen molar-refractivity contribution >= 4 is 29.3 Å². The van der Waals surface area contributed by atoms with Gasteiger partial charge in [-0.05, 0) is 25.0 Å². The standard InChI is InChI=1S/C15H21ClN4O/c1-4-10-18-14(17)19-15(21)20(6-3)13-11(5-2)8-7-9-12(13)16/h4,7-9H,1,5-6,10H2,2-3H3,(H3,17,18,19,21). The number of aryl methyl sites for hydroxylation is 1. The summed E-state index contributed by atoms with van der Waals surface area (Å²) in [5.74, 6) is 0.0588. The predicted octanol–water partition coefficient (Wildman–Crippen LogP) is 2.94. The summed E-state index contributed by atoms with van der Waals surface area (Å²) in [6.07, 6.45) is 2.37. The molecule has 5 nitrogen and oxygen atoms in total. The topological polar surface area (TPSA) is 70.7 Å². The number of halogens is 1. The van der Waals surface area contributed by atoms with Crippen molar-refractivity contribution in [3.63, 3.8) is 0 Å². The Balaban J connectivity index is 3.03. The Morgan fingerprint density at radius 3 is 2.81 bits per heavy atom. The minimum Gasteiger partial charge on any atom is -0.370 e. The monoisotopic (exact) mass is 308 g/mol. The summed E-state index contributed by atoms with van der Waals surface area (Å²) in [6.45, 7) is 8.25. The SMILES string of the molecule is C=CCN=C(N)NC(=O)N(CC)c1c(Cl)cccc1CC. The third-order valence-corrected chi connectivity index (χ3v) is 3.21.